The summed E-state index contributed by atoms with van der Waals surface area (Å²) in [7, 11) is 3.09. The molecule has 0 atom stereocenters. The van der Waals surface area contributed by atoms with Crippen molar-refractivity contribution in [1.82, 2.24) is 9.97 Å². The monoisotopic (exact) mass is 371 g/mol. The number of rotatable bonds is 5. The van der Waals surface area contributed by atoms with E-state index < -0.39 is 0 Å². The van der Waals surface area contributed by atoms with E-state index in [1.807, 2.05) is 24.3 Å². The number of H-pyrrole nitrogens is 1. The Balaban J connectivity index is 1.95. The lowest BCUT2D eigenvalue weighted by molar-refractivity contribution is 0.394. The summed E-state index contributed by atoms with van der Waals surface area (Å²) in [6.07, 6.45) is 1.71. The summed E-state index contributed by atoms with van der Waals surface area (Å²) in [5.41, 5.74) is 2.47. The van der Waals surface area contributed by atoms with E-state index in [-0.39, 0.29) is 0 Å². The fraction of sp³-hybridized carbons (Fsp3) is 0.111. The molecule has 0 bridgehead atoms. The van der Waals surface area contributed by atoms with Gasteiger partial charge in [0.05, 0.1) is 35.2 Å². The fourth-order valence-corrected chi connectivity index (χ4v) is 3.30. The van der Waals surface area contributed by atoms with Gasteiger partial charge in [0.1, 0.15) is 17.6 Å². The summed E-state index contributed by atoms with van der Waals surface area (Å²) >= 11 is 7.43. The smallest absolute Gasteiger partial charge is 0.171 e. The molecule has 0 aliphatic carbocycles. The van der Waals surface area contributed by atoms with E-state index in [0.29, 0.717) is 32.1 Å². The van der Waals surface area contributed by atoms with Gasteiger partial charge >= 0.3 is 0 Å². The highest BCUT2D eigenvalue weighted by Gasteiger charge is 2.11. The number of para-hydroxylation sites is 2. The van der Waals surface area contributed by atoms with E-state index in [4.69, 9.17) is 21.1 Å². The highest BCUT2D eigenvalue weighted by atomic mass is 35.5. The van der Waals surface area contributed by atoms with Crippen molar-refractivity contribution >= 4 is 40.5 Å². The van der Waals surface area contributed by atoms with Crippen LogP contribution in [-0.4, -0.2) is 24.2 Å². The first kappa shape index (κ1) is 17.2. The van der Waals surface area contributed by atoms with Gasteiger partial charge in [-0.1, -0.05) is 23.7 Å². The first-order chi connectivity index (χ1) is 12.1. The molecule has 1 N–H and O–H groups in total. The Bertz CT molecular complexity index is 959. The number of benzene rings is 2. The van der Waals surface area contributed by atoms with Crippen LogP contribution in [0.25, 0.3) is 17.1 Å². The maximum absolute atomic E-state index is 9.48. The molecule has 0 unspecified atom stereocenters. The van der Waals surface area contributed by atoms with Gasteiger partial charge in [-0.05, 0) is 36.0 Å². The zero-order valence-corrected chi connectivity index (χ0v) is 15.1. The number of ether oxygens (including phenoxy) is 2. The third-order valence-corrected chi connectivity index (χ3v) is 4.59. The van der Waals surface area contributed by atoms with Crippen molar-refractivity contribution in [3.05, 3.63) is 51.9 Å². The Labute approximate surface area is 154 Å². The molecule has 2 aromatic carbocycles. The molecule has 0 saturated carbocycles. The summed E-state index contributed by atoms with van der Waals surface area (Å²) in [5.74, 6) is 1.08. The molecule has 1 aromatic heterocycles. The van der Waals surface area contributed by atoms with Crippen LogP contribution in [0.5, 0.6) is 11.5 Å². The number of hydrogen-bond acceptors (Lipinski definition) is 5. The molecule has 0 aliphatic heterocycles. The zero-order chi connectivity index (χ0) is 17.8. The Hall–Kier alpha value is -2.62. The number of allylic oxidation sites excluding steroid dienone is 1. The second-order valence-electron chi connectivity index (χ2n) is 5.01. The third kappa shape index (κ3) is 3.73. The van der Waals surface area contributed by atoms with Gasteiger partial charge in [-0.2, -0.15) is 5.26 Å². The van der Waals surface area contributed by atoms with Gasteiger partial charge in [0, 0.05) is 11.6 Å². The Morgan fingerprint density at radius 3 is 2.68 bits per heavy atom. The predicted octanol–water partition coefficient (Wildman–Crippen LogP) is 4.89. The van der Waals surface area contributed by atoms with Crippen molar-refractivity contribution in [3.8, 4) is 17.6 Å². The highest BCUT2D eigenvalue weighted by Crippen LogP contribution is 2.35. The quantitative estimate of drug-likeness (QED) is 0.510. The number of nitrogens with one attached hydrogen (secondary N) is 1. The minimum atomic E-state index is 0.445. The number of nitrogens with zero attached hydrogens (tertiary/aromatic N) is 2. The molecule has 0 saturated heterocycles. The van der Waals surface area contributed by atoms with Gasteiger partial charge in [0.2, 0.25) is 0 Å². The van der Waals surface area contributed by atoms with Crippen molar-refractivity contribution in [2.24, 2.45) is 0 Å². The lowest BCUT2D eigenvalue weighted by atomic mass is 10.1. The number of fused-ring (bicyclic) bond motifs is 1. The molecule has 25 heavy (non-hydrogen) atoms. The van der Waals surface area contributed by atoms with E-state index in [1.165, 1.54) is 18.9 Å². The van der Waals surface area contributed by atoms with Gasteiger partial charge in [-0.3, -0.25) is 0 Å². The molecule has 0 radical (unpaired) electrons. The maximum Gasteiger partial charge on any atom is 0.171 e. The normalized spacial score (nSPS) is 11.4. The Morgan fingerprint density at radius 1 is 1.24 bits per heavy atom. The van der Waals surface area contributed by atoms with Gasteiger partial charge in [-0.15, -0.1) is 0 Å². The Morgan fingerprint density at radius 2 is 2.00 bits per heavy atom. The summed E-state index contributed by atoms with van der Waals surface area (Å²) in [4.78, 5) is 8.11. The first-order valence-electron chi connectivity index (χ1n) is 7.30. The Kier molecular flexibility index (Phi) is 5.17. The number of thioether (sulfide) groups is 1. The standard InChI is InChI=1S/C18H14ClN3O2S/c1-23-16-9-17(24-2)13(19)8-11(16)7-12(10-20)25-18-21-14-5-3-4-6-15(14)22-18/h3-9H,1-2H3,(H,21,22)/b12-7-. The van der Waals surface area contributed by atoms with E-state index >= 15 is 0 Å². The maximum atomic E-state index is 9.48. The SMILES string of the molecule is COc1cc(OC)c(/C=C(/C#N)Sc2nc3ccccc3[nH]2)cc1Cl. The summed E-state index contributed by atoms with van der Waals surface area (Å²) in [6.45, 7) is 0. The lowest BCUT2D eigenvalue weighted by Crippen LogP contribution is -1.91. The van der Waals surface area contributed by atoms with Crippen LogP contribution in [0.2, 0.25) is 5.02 Å². The van der Waals surface area contributed by atoms with Crippen molar-refractivity contribution in [2.45, 2.75) is 5.16 Å². The predicted molar refractivity (Wildman–Crippen MR) is 100 cm³/mol. The largest absolute Gasteiger partial charge is 0.496 e. The van der Waals surface area contributed by atoms with Crippen molar-refractivity contribution < 1.29 is 9.47 Å². The van der Waals surface area contributed by atoms with Gasteiger partial charge in [0.25, 0.3) is 0 Å². The van der Waals surface area contributed by atoms with Crippen LogP contribution in [0.4, 0.5) is 0 Å². The second kappa shape index (κ2) is 7.51. The topological polar surface area (TPSA) is 70.9 Å². The van der Waals surface area contributed by atoms with E-state index in [0.717, 1.165) is 11.0 Å². The molecule has 0 aliphatic rings. The van der Waals surface area contributed by atoms with Crippen molar-refractivity contribution in [1.29, 1.82) is 5.26 Å². The van der Waals surface area contributed by atoms with Crippen molar-refractivity contribution in [3.63, 3.8) is 0 Å². The summed E-state index contributed by atoms with van der Waals surface area (Å²) < 4.78 is 10.5. The second-order valence-corrected chi connectivity index (χ2v) is 6.45. The molecule has 7 heteroatoms. The molecule has 126 valence electrons. The van der Waals surface area contributed by atoms with Crippen LogP contribution in [0.1, 0.15) is 5.56 Å². The molecular formula is C18H14ClN3O2S. The number of nitriles is 1. The van der Waals surface area contributed by atoms with Crippen LogP contribution < -0.4 is 9.47 Å². The van der Waals surface area contributed by atoms with Crippen LogP contribution in [0.15, 0.2) is 46.5 Å². The van der Waals surface area contributed by atoms with E-state index in [9.17, 15) is 5.26 Å². The van der Waals surface area contributed by atoms with Gasteiger partial charge in [-0.25, -0.2) is 4.98 Å². The average Bonchev–Trinajstić information content (AvgIpc) is 3.03. The molecular weight excluding hydrogens is 358 g/mol. The van der Waals surface area contributed by atoms with Gasteiger partial charge in [0.15, 0.2) is 5.16 Å². The van der Waals surface area contributed by atoms with Crippen LogP contribution >= 0.6 is 23.4 Å². The molecule has 1 heterocycles. The number of hydrogen-bond donors (Lipinski definition) is 1. The summed E-state index contributed by atoms with van der Waals surface area (Å²) in [6, 6.07) is 13.3. The highest BCUT2D eigenvalue weighted by molar-refractivity contribution is 8.03. The molecule has 0 fully saturated rings. The average molecular weight is 372 g/mol. The van der Waals surface area contributed by atoms with Crippen LogP contribution in [0, 0.1) is 11.3 Å². The minimum absolute atomic E-state index is 0.445. The molecule has 3 rings (SSSR count). The molecule has 0 spiro atoms. The van der Waals surface area contributed by atoms with Gasteiger partial charge < -0.3 is 14.5 Å². The lowest BCUT2D eigenvalue weighted by Gasteiger charge is -2.09. The summed E-state index contributed by atoms with van der Waals surface area (Å²) in [5, 5.41) is 10.6. The van der Waals surface area contributed by atoms with Crippen LogP contribution in [0.3, 0.4) is 0 Å². The number of aromatic nitrogens is 2. The van der Waals surface area contributed by atoms with Crippen LogP contribution in [-0.2, 0) is 0 Å². The van der Waals surface area contributed by atoms with Crippen molar-refractivity contribution in [2.75, 3.05) is 14.2 Å². The van der Waals surface area contributed by atoms with E-state index in [2.05, 4.69) is 16.0 Å². The number of halogens is 1. The number of imidazole rings is 1. The fourth-order valence-electron chi connectivity index (χ4n) is 2.30. The molecule has 5 nitrogen and oxygen atoms in total. The third-order valence-electron chi connectivity index (χ3n) is 3.48. The minimum Gasteiger partial charge on any atom is -0.496 e. The first-order valence-corrected chi connectivity index (χ1v) is 8.50. The molecule has 0 amide bonds. The number of aromatic amines is 1. The molecule has 3 aromatic rings. The zero-order valence-electron chi connectivity index (χ0n) is 13.5. The van der Waals surface area contributed by atoms with E-state index in [1.54, 1.807) is 25.3 Å². The number of methoxy groups -OCH3 is 2.